The summed E-state index contributed by atoms with van der Waals surface area (Å²) in [4.78, 5) is 3.49. The normalized spacial score (nSPS) is 11.5. The summed E-state index contributed by atoms with van der Waals surface area (Å²) in [5.74, 6) is 0. The third-order valence-corrected chi connectivity index (χ3v) is 0.282. The quantitative estimate of drug-likeness (QED) is 0.275. The van der Waals surface area contributed by atoms with Gasteiger partial charge in [-0.2, -0.15) is 0 Å². The molecule has 0 aliphatic rings. The van der Waals surface area contributed by atoms with E-state index in [0.29, 0.717) is 0 Å². The molecule has 3 nitrogen and oxygen atoms in total. The minimum atomic E-state index is 1.19. The highest BCUT2D eigenvalue weighted by Crippen LogP contribution is 1.46. The zero-order valence-corrected chi connectivity index (χ0v) is 3.50. The van der Waals surface area contributed by atoms with Gasteiger partial charge >= 0.3 is 0 Å². The van der Waals surface area contributed by atoms with Gasteiger partial charge < -0.3 is 5.21 Å². The molecule has 0 rings (SSSR count). The van der Waals surface area contributed by atoms with Crippen LogP contribution in [0.2, 0.25) is 0 Å². The summed E-state index contributed by atoms with van der Waals surface area (Å²) in [5.41, 5.74) is 0. The standard InChI is InChI=1S/C3H6N2O/c1-4-2-3-5-6/h2-3,6H,1H3. The zero-order chi connectivity index (χ0) is 4.83. The van der Waals surface area contributed by atoms with E-state index in [1.807, 2.05) is 0 Å². The van der Waals surface area contributed by atoms with Crippen LogP contribution < -0.4 is 0 Å². The summed E-state index contributed by atoms with van der Waals surface area (Å²) >= 11 is 0. The van der Waals surface area contributed by atoms with Crippen LogP contribution in [0.1, 0.15) is 0 Å². The van der Waals surface area contributed by atoms with Crippen LogP contribution in [0.15, 0.2) is 10.1 Å². The van der Waals surface area contributed by atoms with Gasteiger partial charge in [-0.1, -0.05) is 5.16 Å². The summed E-state index contributed by atoms with van der Waals surface area (Å²) < 4.78 is 0. The lowest BCUT2D eigenvalue weighted by molar-refractivity contribution is 0.322. The molecule has 0 fully saturated rings. The van der Waals surface area contributed by atoms with E-state index in [1.165, 1.54) is 12.4 Å². The molecule has 1 N–H and O–H groups in total. The van der Waals surface area contributed by atoms with Crippen LogP contribution in [-0.2, 0) is 0 Å². The second-order valence-electron chi connectivity index (χ2n) is 0.672. The molecular formula is C3H6N2O. The Morgan fingerprint density at radius 2 is 2.17 bits per heavy atom. The highest BCUT2D eigenvalue weighted by molar-refractivity contribution is 6.15. The molecule has 0 radical (unpaired) electrons. The van der Waals surface area contributed by atoms with Crippen molar-refractivity contribution in [3.63, 3.8) is 0 Å². The summed E-state index contributed by atoms with van der Waals surface area (Å²) in [6, 6.07) is 0. The molecule has 0 aliphatic heterocycles. The molecule has 34 valence electrons. The maximum atomic E-state index is 7.68. The number of nitrogens with zero attached hydrogens (tertiary/aromatic N) is 2. The van der Waals surface area contributed by atoms with Crippen LogP contribution in [-0.4, -0.2) is 24.7 Å². The maximum Gasteiger partial charge on any atom is 0.0839 e. The molecule has 0 spiro atoms. The van der Waals surface area contributed by atoms with E-state index in [2.05, 4.69) is 10.1 Å². The molecular weight excluding hydrogens is 80.0 g/mol. The number of hydrogen-bond donors (Lipinski definition) is 1. The molecule has 0 aromatic carbocycles. The van der Waals surface area contributed by atoms with Crippen LogP contribution >= 0.6 is 0 Å². The molecule has 3 heteroatoms. The Hall–Kier alpha value is -0.860. The van der Waals surface area contributed by atoms with Crippen LogP contribution in [0.25, 0.3) is 0 Å². The molecule has 0 saturated heterocycles. The Kier molecular flexibility index (Phi) is 3.55. The first kappa shape index (κ1) is 5.14. The SMILES string of the molecule is CN=CC=NO. The van der Waals surface area contributed by atoms with Crippen LogP contribution in [0.5, 0.6) is 0 Å². The molecule has 0 aliphatic carbocycles. The van der Waals surface area contributed by atoms with Gasteiger partial charge in [0, 0.05) is 13.3 Å². The number of rotatable bonds is 1. The Labute approximate surface area is 36.0 Å². The molecule has 6 heavy (non-hydrogen) atoms. The monoisotopic (exact) mass is 86.0 g/mol. The van der Waals surface area contributed by atoms with E-state index < -0.39 is 0 Å². The zero-order valence-electron chi connectivity index (χ0n) is 3.50. The predicted octanol–water partition coefficient (Wildman–Crippen LogP) is 0.147. The Balaban J connectivity index is 3.07. The lowest BCUT2D eigenvalue weighted by Gasteiger charge is -1.63. The van der Waals surface area contributed by atoms with Crippen molar-refractivity contribution in [3.05, 3.63) is 0 Å². The Morgan fingerprint density at radius 1 is 1.50 bits per heavy atom. The lowest BCUT2D eigenvalue weighted by Crippen LogP contribution is -1.70. The highest BCUT2D eigenvalue weighted by Gasteiger charge is 1.52. The predicted molar refractivity (Wildman–Crippen MR) is 24.7 cm³/mol. The molecule has 0 atom stereocenters. The fraction of sp³-hybridized carbons (Fsp3) is 0.333. The third-order valence-electron chi connectivity index (χ3n) is 0.282. The van der Waals surface area contributed by atoms with Crippen molar-refractivity contribution < 1.29 is 5.21 Å². The van der Waals surface area contributed by atoms with Crippen molar-refractivity contribution in [1.29, 1.82) is 0 Å². The summed E-state index contributed by atoms with van der Waals surface area (Å²) in [5, 5.41) is 10.3. The van der Waals surface area contributed by atoms with Gasteiger partial charge in [0.1, 0.15) is 0 Å². The molecule has 0 aromatic heterocycles. The van der Waals surface area contributed by atoms with Gasteiger partial charge in [-0.25, -0.2) is 0 Å². The first-order valence-electron chi connectivity index (χ1n) is 1.50. The van der Waals surface area contributed by atoms with E-state index in [1.54, 1.807) is 7.05 Å². The van der Waals surface area contributed by atoms with Gasteiger partial charge in [0.25, 0.3) is 0 Å². The first-order valence-corrected chi connectivity index (χ1v) is 1.50. The Bertz CT molecular complexity index is 57.2. The largest absolute Gasteiger partial charge is 0.411 e. The summed E-state index contributed by atoms with van der Waals surface area (Å²) in [6.07, 6.45) is 2.58. The molecule has 0 bridgehead atoms. The van der Waals surface area contributed by atoms with Crippen LogP contribution in [0.4, 0.5) is 0 Å². The first-order chi connectivity index (χ1) is 2.91. The molecule has 0 aromatic rings. The second-order valence-corrected chi connectivity index (χ2v) is 0.672. The van der Waals surface area contributed by atoms with Crippen molar-refractivity contribution >= 4 is 12.4 Å². The van der Waals surface area contributed by atoms with E-state index >= 15 is 0 Å². The lowest BCUT2D eigenvalue weighted by atomic mass is 10.8. The van der Waals surface area contributed by atoms with E-state index in [-0.39, 0.29) is 0 Å². The minimum Gasteiger partial charge on any atom is -0.411 e. The van der Waals surface area contributed by atoms with Crippen LogP contribution in [0, 0.1) is 0 Å². The fourth-order valence-electron chi connectivity index (χ4n) is 0.0965. The smallest absolute Gasteiger partial charge is 0.0839 e. The Morgan fingerprint density at radius 3 is 2.33 bits per heavy atom. The van der Waals surface area contributed by atoms with E-state index in [9.17, 15) is 0 Å². The molecule has 0 amide bonds. The van der Waals surface area contributed by atoms with Gasteiger partial charge in [-0.15, -0.1) is 0 Å². The van der Waals surface area contributed by atoms with Crippen molar-refractivity contribution in [3.8, 4) is 0 Å². The molecule has 0 saturated carbocycles. The number of hydrogen-bond acceptors (Lipinski definition) is 3. The van der Waals surface area contributed by atoms with E-state index in [0.717, 1.165) is 0 Å². The minimum absolute atomic E-state index is 1.19. The van der Waals surface area contributed by atoms with E-state index in [4.69, 9.17) is 5.21 Å². The van der Waals surface area contributed by atoms with Gasteiger partial charge in [0.2, 0.25) is 0 Å². The summed E-state index contributed by atoms with van der Waals surface area (Å²) in [7, 11) is 1.60. The third kappa shape index (κ3) is 3.14. The van der Waals surface area contributed by atoms with Gasteiger partial charge in [0.05, 0.1) is 6.21 Å². The number of oxime groups is 1. The average Bonchev–Trinajstić information content (AvgIpc) is 1.61. The van der Waals surface area contributed by atoms with Gasteiger partial charge in [0.15, 0.2) is 0 Å². The van der Waals surface area contributed by atoms with Gasteiger partial charge in [-0.05, 0) is 0 Å². The fourth-order valence-corrected chi connectivity index (χ4v) is 0.0965. The topological polar surface area (TPSA) is 45.0 Å². The molecule has 0 unspecified atom stereocenters. The maximum absolute atomic E-state index is 7.68. The van der Waals surface area contributed by atoms with Crippen LogP contribution in [0.3, 0.4) is 0 Å². The summed E-state index contributed by atoms with van der Waals surface area (Å²) in [6.45, 7) is 0. The average molecular weight is 86.1 g/mol. The highest BCUT2D eigenvalue weighted by atomic mass is 16.4. The van der Waals surface area contributed by atoms with Crippen molar-refractivity contribution in [1.82, 2.24) is 0 Å². The second kappa shape index (κ2) is 4.14. The van der Waals surface area contributed by atoms with Gasteiger partial charge in [-0.3, -0.25) is 4.99 Å². The van der Waals surface area contributed by atoms with Crippen molar-refractivity contribution in [2.75, 3.05) is 7.05 Å². The molecule has 0 heterocycles. The van der Waals surface area contributed by atoms with Crippen molar-refractivity contribution in [2.45, 2.75) is 0 Å². The van der Waals surface area contributed by atoms with Crippen molar-refractivity contribution in [2.24, 2.45) is 10.1 Å². The number of aliphatic imine (C=N–C) groups is 1.